The van der Waals surface area contributed by atoms with Crippen LogP contribution >= 0.6 is 12.1 Å². The van der Waals surface area contributed by atoms with Gasteiger partial charge in [-0.05, 0) is 19.3 Å². The highest BCUT2D eigenvalue weighted by atomic mass is 32.2. The fourth-order valence-corrected chi connectivity index (χ4v) is 2.55. The van der Waals surface area contributed by atoms with Crippen molar-refractivity contribution in [2.24, 2.45) is 0 Å². The van der Waals surface area contributed by atoms with E-state index in [0.29, 0.717) is 12.1 Å². The molecule has 56 valence electrons. The molecule has 2 aliphatic rings. The Kier molecular flexibility index (Phi) is 1.72. The second-order valence-electron chi connectivity index (χ2n) is 2.97. The molecule has 10 heavy (non-hydrogen) atoms. The van der Waals surface area contributed by atoms with Crippen LogP contribution in [0.1, 0.15) is 19.3 Å². The maximum atomic E-state index is 4.04. The van der Waals surface area contributed by atoms with Gasteiger partial charge in [0.25, 0.3) is 0 Å². The molecule has 0 amide bonds. The number of hydrogen-bond acceptors (Lipinski definition) is 3. The highest BCUT2D eigenvalue weighted by Gasteiger charge is 2.31. The second-order valence-corrected chi connectivity index (χ2v) is 3.65. The van der Waals surface area contributed by atoms with E-state index in [2.05, 4.69) is 16.0 Å². The zero-order chi connectivity index (χ0) is 6.97. The first-order chi connectivity index (χ1) is 4.88. The first kappa shape index (κ1) is 6.70. The molecule has 2 atom stereocenters. The van der Waals surface area contributed by atoms with Crippen molar-refractivity contribution in [1.29, 1.82) is 0 Å². The van der Waals surface area contributed by atoms with Crippen LogP contribution in [0.3, 0.4) is 0 Å². The molecule has 2 fully saturated rings. The molecule has 1 heterocycles. The van der Waals surface area contributed by atoms with Crippen molar-refractivity contribution in [3.8, 4) is 0 Å². The van der Waals surface area contributed by atoms with Crippen LogP contribution in [0.15, 0.2) is 12.2 Å². The van der Waals surface area contributed by atoms with Crippen molar-refractivity contribution in [3.63, 3.8) is 0 Å². The molecule has 0 aromatic carbocycles. The number of rotatable bonds is 0. The Hall–Kier alpha value is 0.01000. The van der Waals surface area contributed by atoms with Gasteiger partial charge in [0.1, 0.15) is 0 Å². The van der Waals surface area contributed by atoms with E-state index in [1.54, 1.807) is 12.1 Å². The summed E-state index contributed by atoms with van der Waals surface area (Å²) in [5.41, 5.74) is 1.37. The van der Waals surface area contributed by atoms with Gasteiger partial charge in [-0.2, -0.15) is 0 Å². The lowest BCUT2D eigenvalue weighted by Gasteiger charge is -2.25. The largest absolute Gasteiger partial charge is 0.246 e. The first-order valence-corrected chi connectivity index (χ1v) is 4.54. The molecule has 1 saturated carbocycles. The Morgan fingerprint density at radius 1 is 1.50 bits per heavy atom. The van der Waals surface area contributed by atoms with Gasteiger partial charge in [-0.15, -0.1) is 0 Å². The van der Waals surface area contributed by atoms with Crippen molar-refractivity contribution in [2.45, 2.75) is 31.3 Å². The standard InChI is InChI=1S/C7H12N2S/c1-5-3-2-4-6-7(5)9-10-8-6/h6-9H,1-4H2. The van der Waals surface area contributed by atoms with Gasteiger partial charge in [0.15, 0.2) is 0 Å². The molecule has 1 aliphatic carbocycles. The van der Waals surface area contributed by atoms with Crippen LogP contribution in [0.5, 0.6) is 0 Å². The summed E-state index contributed by atoms with van der Waals surface area (Å²) in [5.74, 6) is 0. The molecule has 0 radical (unpaired) electrons. The van der Waals surface area contributed by atoms with Crippen LogP contribution in [-0.2, 0) is 0 Å². The fourth-order valence-electron chi connectivity index (χ4n) is 1.62. The maximum absolute atomic E-state index is 4.04. The highest BCUT2D eigenvalue weighted by Crippen LogP contribution is 2.28. The van der Waals surface area contributed by atoms with Crippen molar-refractivity contribution in [3.05, 3.63) is 12.2 Å². The monoisotopic (exact) mass is 156 g/mol. The van der Waals surface area contributed by atoms with Crippen LogP contribution in [0.2, 0.25) is 0 Å². The lowest BCUT2D eigenvalue weighted by atomic mass is 9.88. The zero-order valence-electron chi connectivity index (χ0n) is 5.89. The zero-order valence-corrected chi connectivity index (χ0v) is 6.71. The van der Waals surface area contributed by atoms with Gasteiger partial charge in [0, 0.05) is 18.2 Å². The normalized spacial score (nSPS) is 39.8. The van der Waals surface area contributed by atoms with Gasteiger partial charge in [-0.25, -0.2) is 9.44 Å². The Balaban J connectivity index is 2.10. The molecule has 2 nitrogen and oxygen atoms in total. The summed E-state index contributed by atoms with van der Waals surface area (Å²) in [6.07, 6.45) is 3.80. The van der Waals surface area contributed by atoms with E-state index in [9.17, 15) is 0 Å². The Bertz CT molecular complexity index is 158. The van der Waals surface area contributed by atoms with E-state index < -0.39 is 0 Å². The molecule has 2 rings (SSSR count). The summed E-state index contributed by atoms with van der Waals surface area (Å²) in [5, 5.41) is 0. The van der Waals surface area contributed by atoms with Gasteiger partial charge < -0.3 is 0 Å². The van der Waals surface area contributed by atoms with Crippen LogP contribution in [0.25, 0.3) is 0 Å². The third kappa shape index (κ3) is 0.983. The Morgan fingerprint density at radius 3 is 3.20 bits per heavy atom. The summed E-state index contributed by atoms with van der Waals surface area (Å²) in [6, 6.07) is 1.19. The van der Waals surface area contributed by atoms with E-state index in [4.69, 9.17) is 0 Å². The smallest absolute Gasteiger partial charge is 0.0553 e. The molecule has 0 bridgehead atoms. The maximum Gasteiger partial charge on any atom is 0.0553 e. The minimum absolute atomic E-state index is 0.541. The van der Waals surface area contributed by atoms with Crippen LogP contribution in [-0.4, -0.2) is 12.1 Å². The Labute approximate surface area is 65.7 Å². The highest BCUT2D eigenvalue weighted by molar-refractivity contribution is 7.95. The van der Waals surface area contributed by atoms with Crippen LogP contribution < -0.4 is 9.44 Å². The molecule has 0 aromatic rings. The number of fused-ring (bicyclic) bond motifs is 1. The van der Waals surface area contributed by atoms with Gasteiger partial charge in [0.05, 0.1) is 6.04 Å². The lowest BCUT2D eigenvalue weighted by molar-refractivity contribution is 0.451. The van der Waals surface area contributed by atoms with E-state index in [1.165, 1.54) is 24.8 Å². The minimum atomic E-state index is 0.541. The summed E-state index contributed by atoms with van der Waals surface area (Å²) >= 11 is 1.62. The molecule has 1 saturated heterocycles. The molecule has 2 N–H and O–H groups in total. The number of hydrogen-bond donors (Lipinski definition) is 2. The van der Waals surface area contributed by atoms with Gasteiger partial charge in [0.2, 0.25) is 0 Å². The minimum Gasteiger partial charge on any atom is -0.246 e. The average Bonchev–Trinajstić information content (AvgIpc) is 2.36. The van der Waals surface area contributed by atoms with Crippen molar-refractivity contribution >= 4 is 12.1 Å². The molecular weight excluding hydrogens is 144 g/mol. The van der Waals surface area contributed by atoms with E-state index in [1.807, 2.05) is 0 Å². The van der Waals surface area contributed by atoms with Gasteiger partial charge >= 0.3 is 0 Å². The van der Waals surface area contributed by atoms with E-state index in [0.717, 1.165) is 0 Å². The molecule has 0 spiro atoms. The molecule has 0 aromatic heterocycles. The van der Waals surface area contributed by atoms with Crippen LogP contribution in [0, 0.1) is 0 Å². The summed E-state index contributed by atoms with van der Waals surface area (Å²) in [6.45, 7) is 4.04. The second kappa shape index (κ2) is 2.57. The fraction of sp³-hybridized carbons (Fsp3) is 0.714. The van der Waals surface area contributed by atoms with E-state index in [-0.39, 0.29) is 0 Å². The van der Waals surface area contributed by atoms with Crippen molar-refractivity contribution < 1.29 is 0 Å². The molecular formula is C7H12N2S. The summed E-state index contributed by atoms with van der Waals surface area (Å²) < 4.78 is 6.65. The van der Waals surface area contributed by atoms with Gasteiger partial charge in [-0.3, -0.25) is 0 Å². The predicted molar refractivity (Wildman–Crippen MR) is 44.4 cm³/mol. The quantitative estimate of drug-likeness (QED) is 0.407. The summed E-state index contributed by atoms with van der Waals surface area (Å²) in [7, 11) is 0. The molecule has 3 heteroatoms. The Morgan fingerprint density at radius 2 is 2.40 bits per heavy atom. The lowest BCUT2D eigenvalue weighted by Crippen LogP contribution is -2.37. The predicted octanol–water partition coefficient (Wildman–Crippen LogP) is 1.22. The summed E-state index contributed by atoms with van der Waals surface area (Å²) in [4.78, 5) is 0. The molecule has 1 aliphatic heterocycles. The van der Waals surface area contributed by atoms with Crippen molar-refractivity contribution in [1.82, 2.24) is 9.44 Å². The van der Waals surface area contributed by atoms with Crippen LogP contribution in [0.4, 0.5) is 0 Å². The topological polar surface area (TPSA) is 24.1 Å². The number of nitrogens with one attached hydrogen (secondary N) is 2. The van der Waals surface area contributed by atoms with E-state index >= 15 is 0 Å². The SMILES string of the molecule is C=C1CCCC2NSNC12. The third-order valence-corrected chi connectivity index (χ3v) is 3.04. The van der Waals surface area contributed by atoms with Crippen molar-refractivity contribution in [2.75, 3.05) is 0 Å². The molecule has 2 unspecified atom stereocenters. The van der Waals surface area contributed by atoms with Gasteiger partial charge in [-0.1, -0.05) is 12.2 Å². The first-order valence-electron chi connectivity index (χ1n) is 3.72. The average molecular weight is 156 g/mol. The third-order valence-electron chi connectivity index (χ3n) is 2.25.